The minimum Gasteiger partial charge on any atom is -0.397 e. The van der Waals surface area contributed by atoms with Crippen molar-refractivity contribution in [2.75, 3.05) is 31.9 Å². The number of rotatable bonds is 3. The van der Waals surface area contributed by atoms with Crippen molar-refractivity contribution in [2.24, 2.45) is 5.92 Å². The summed E-state index contributed by atoms with van der Waals surface area (Å²) >= 11 is 0. The van der Waals surface area contributed by atoms with Gasteiger partial charge in [-0.2, -0.15) is 0 Å². The predicted octanol–water partition coefficient (Wildman–Crippen LogP) is 3.64. The summed E-state index contributed by atoms with van der Waals surface area (Å²) in [6, 6.07) is 10.7. The highest BCUT2D eigenvalue weighted by atomic mass is 16.2. The van der Waals surface area contributed by atoms with Crippen LogP contribution in [0.4, 0.5) is 5.69 Å². The molecule has 1 amide bonds. The third kappa shape index (κ3) is 3.86. The summed E-state index contributed by atoms with van der Waals surface area (Å²) in [5.74, 6) is 0.910. The number of carbonyl (C=O) groups is 1. The predicted molar refractivity (Wildman–Crippen MR) is 114 cm³/mol. The summed E-state index contributed by atoms with van der Waals surface area (Å²) < 4.78 is 0. The van der Waals surface area contributed by atoms with Gasteiger partial charge in [-0.15, -0.1) is 0 Å². The number of pyridine rings is 1. The largest absolute Gasteiger partial charge is 0.397 e. The number of hydrogen-bond donors (Lipinski definition) is 1. The van der Waals surface area contributed by atoms with Gasteiger partial charge in [-0.3, -0.25) is 9.78 Å². The Hall–Kier alpha value is -2.14. The summed E-state index contributed by atoms with van der Waals surface area (Å²) in [6.07, 6.45) is 3.89. The summed E-state index contributed by atoms with van der Waals surface area (Å²) in [7, 11) is 0. The van der Waals surface area contributed by atoms with Crippen molar-refractivity contribution >= 4 is 22.5 Å². The maximum atomic E-state index is 13.0. The van der Waals surface area contributed by atoms with E-state index in [2.05, 4.69) is 23.6 Å². The van der Waals surface area contributed by atoms with Crippen molar-refractivity contribution in [2.45, 2.75) is 51.5 Å². The fourth-order valence-electron chi connectivity index (χ4n) is 4.77. The maximum absolute atomic E-state index is 13.0. The molecule has 28 heavy (non-hydrogen) atoms. The van der Waals surface area contributed by atoms with Gasteiger partial charge in [0.15, 0.2) is 0 Å². The highest BCUT2D eigenvalue weighted by Crippen LogP contribution is 2.33. The molecule has 2 saturated heterocycles. The first-order valence-corrected chi connectivity index (χ1v) is 10.7. The number of para-hydroxylation sites is 1. The number of benzene rings is 1. The number of aromatic nitrogens is 1. The standard InChI is InChI=1S/C23H32N4O/c1-16(2)26-11-9-18(10-12-26)23(28)27-13-7-17(8-14-27)22-20(24)15-19-5-3-4-6-21(19)25-22/h3-6,15-18H,7-14,24H2,1-2H3. The summed E-state index contributed by atoms with van der Waals surface area (Å²) in [6.45, 7) is 8.20. The Bertz CT molecular complexity index is 834. The van der Waals surface area contributed by atoms with Crippen LogP contribution in [0.25, 0.3) is 10.9 Å². The zero-order valence-electron chi connectivity index (χ0n) is 17.1. The van der Waals surface area contributed by atoms with Gasteiger partial charge in [0.25, 0.3) is 0 Å². The number of nitrogens with zero attached hydrogens (tertiary/aromatic N) is 3. The topological polar surface area (TPSA) is 62.5 Å². The van der Waals surface area contributed by atoms with Gasteiger partial charge in [0.1, 0.15) is 0 Å². The Morgan fingerprint density at radius 1 is 1.07 bits per heavy atom. The summed E-state index contributed by atoms with van der Waals surface area (Å²) in [5.41, 5.74) is 9.11. The lowest BCUT2D eigenvalue weighted by Crippen LogP contribution is -2.46. The van der Waals surface area contributed by atoms with Crippen LogP contribution < -0.4 is 5.73 Å². The molecule has 0 unspecified atom stereocenters. The molecule has 2 aliphatic rings. The second kappa shape index (κ2) is 8.08. The summed E-state index contributed by atoms with van der Waals surface area (Å²) in [5, 5.41) is 1.09. The smallest absolute Gasteiger partial charge is 0.225 e. The Morgan fingerprint density at radius 3 is 2.43 bits per heavy atom. The highest BCUT2D eigenvalue weighted by molar-refractivity contribution is 5.82. The van der Waals surface area contributed by atoms with Crippen molar-refractivity contribution in [1.82, 2.24) is 14.8 Å². The van der Waals surface area contributed by atoms with Gasteiger partial charge in [-0.05, 0) is 64.8 Å². The van der Waals surface area contributed by atoms with Crippen LogP contribution in [0.5, 0.6) is 0 Å². The Kier molecular flexibility index (Phi) is 5.54. The number of fused-ring (bicyclic) bond motifs is 1. The monoisotopic (exact) mass is 380 g/mol. The molecule has 0 bridgehead atoms. The normalized spacial score (nSPS) is 20.2. The SMILES string of the molecule is CC(C)N1CCC(C(=O)N2CCC(c3nc4ccccc4cc3N)CC2)CC1. The molecule has 2 aromatic rings. The molecule has 1 aromatic heterocycles. The van der Waals surface area contributed by atoms with Crippen molar-refractivity contribution < 1.29 is 4.79 Å². The number of anilines is 1. The quantitative estimate of drug-likeness (QED) is 0.883. The van der Waals surface area contributed by atoms with Gasteiger partial charge < -0.3 is 15.5 Å². The van der Waals surface area contributed by atoms with Crippen LogP contribution >= 0.6 is 0 Å². The average Bonchev–Trinajstić information content (AvgIpc) is 2.73. The molecule has 2 fully saturated rings. The van der Waals surface area contributed by atoms with E-state index in [0.29, 0.717) is 17.9 Å². The van der Waals surface area contributed by atoms with E-state index in [1.807, 2.05) is 30.3 Å². The molecule has 4 rings (SSSR count). The van der Waals surface area contributed by atoms with Gasteiger partial charge in [0.2, 0.25) is 5.91 Å². The first-order valence-electron chi connectivity index (χ1n) is 10.7. The Morgan fingerprint density at radius 2 is 1.75 bits per heavy atom. The van der Waals surface area contributed by atoms with E-state index in [0.717, 1.165) is 74.1 Å². The first kappa shape index (κ1) is 19.2. The third-order valence-electron chi connectivity index (χ3n) is 6.59. The minimum absolute atomic E-state index is 0.204. The first-order chi connectivity index (χ1) is 13.5. The van der Waals surface area contributed by atoms with E-state index in [1.54, 1.807) is 0 Å². The molecule has 0 spiro atoms. The van der Waals surface area contributed by atoms with Crippen LogP contribution in [0.3, 0.4) is 0 Å². The van der Waals surface area contributed by atoms with Crippen LogP contribution in [0.2, 0.25) is 0 Å². The molecular formula is C23H32N4O. The molecular weight excluding hydrogens is 348 g/mol. The van der Waals surface area contributed by atoms with Crippen molar-refractivity contribution in [3.05, 3.63) is 36.0 Å². The van der Waals surface area contributed by atoms with Gasteiger partial charge in [0.05, 0.1) is 16.9 Å². The number of carbonyl (C=O) groups excluding carboxylic acids is 1. The highest BCUT2D eigenvalue weighted by Gasteiger charge is 2.32. The van der Waals surface area contributed by atoms with E-state index in [9.17, 15) is 4.79 Å². The molecule has 2 aliphatic heterocycles. The van der Waals surface area contributed by atoms with Gasteiger partial charge in [-0.1, -0.05) is 18.2 Å². The lowest BCUT2D eigenvalue weighted by atomic mass is 9.89. The van der Waals surface area contributed by atoms with E-state index in [-0.39, 0.29) is 5.92 Å². The molecule has 0 aliphatic carbocycles. The maximum Gasteiger partial charge on any atom is 0.225 e. The van der Waals surface area contributed by atoms with E-state index in [4.69, 9.17) is 10.7 Å². The van der Waals surface area contributed by atoms with E-state index in [1.165, 1.54) is 0 Å². The number of nitrogens with two attached hydrogens (primary N) is 1. The van der Waals surface area contributed by atoms with E-state index < -0.39 is 0 Å². The van der Waals surface area contributed by atoms with Crippen molar-refractivity contribution in [3.8, 4) is 0 Å². The Labute approximate surface area is 167 Å². The molecule has 0 radical (unpaired) electrons. The molecule has 150 valence electrons. The van der Waals surface area contributed by atoms with Gasteiger partial charge in [0, 0.05) is 36.4 Å². The molecule has 0 saturated carbocycles. The van der Waals surface area contributed by atoms with Crippen LogP contribution in [-0.4, -0.2) is 52.9 Å². The second-order valence-electron chi connectivity index (χ2n) is 8.66. The third-order valence-corrected chi connectivity index (χ3v) is 6.59. The molecule has 2 N–H and O–H groups in total. The number of hydrogen-bond acceptors (Lipinski definition) is 4. The zero-order valence-corrected chi connectivity index (χ0v) is 17.1. The molecule has 5 heteroatoms. The number of piperidine rings is 2. The van der Waals surface area contributed by atoms with Crippen LogP contribution in [0.1, 0.15) is 51.1 Å². The number of nitrogen functional groups attached to an aromatic ring is 1. The van der Waals surface area contributed by atoms with Crippen LogP contribution in [0, 0.1) is 5.92 Å². The average molecular weight is 381 g/mol. The molecule has 0 atom stereocenters. The van der Waals surface area contributed by atoms with Gasteiger partial charge in [-0.25, -0.2) is 0 Å². The van der Waals surface area contributed by atoms with Crippen LogP contribution in [-0.2, 0) is 4.79 Å². The van der Waals surface area contributed by atoms with Crippen molar-refractivity contribution in [3.63, 3.8) is 0 Å². The number of likely N-dealkylation sites (tertiary alicyclic amines) is 2. The van der Waals surface area contributed by atoms with Gasteiger partial charge >= 0.3 is 0 Å². The summed E-state index contributed by atoms with van der Waals surface area (Å²) in [4.78, 5) is 22.4. The van der Waals surface area contributed by atoms with Crippen LogP contribution in [0.15, 0.2) is 30.3 Å². The lowest BCUT2D eigenvalue weighted by molar-refractivity contribution is -0.138. The van der Waals surface area contributed by atoms with Crippen molar-refractivity contribution in [1.29, 1.82) is 0 Å². The van der Waals surface area contributed by atoms with E-state index >= 15 is 0 Å². The lowest BCUT2D eigenvalue weighted by Gasteiger charge is -2.38. The minimum atomic E-state index is 0.204. The second-order valence-corrected chi connectivity index (χ2v) is 8.66. The Balaban J connectivity index is 1.37. The molecule has 3 heterocycles. The fraction of sp³-hybridized carbons (Fsp3) is 0.565. The number of amides is 1. The molecule has 1 aromatic carbocycles. The zero-order chi connectivity index (χ0) is 19.7. The fourth-order valence-corrected chi connectivity index (χ4v) is 4.77. The molecule has 5 nitrogen and oxygen atoms in total.